The molecule has 0 aliphatic rings. The number of benzene rings is 2. The highest BCUT2D eigenvalue weighted by molar-refractivity contribution is 7.15. The van der Waals surface area contributed by atoms with Gasteiger partial charge in [0.25, 0.3) is 0 Å². The van der Waals surface area contributed by atoms with Crippen LogP contribution in [0.1, 0.15) is 16.1 Å². The summed E-state index contributed by atoms with van der Waals surface area (Å²) in [5.41, 5.74) is 2.06. The lowest BCUT2D eigenvalue weighted by Gasteiger charge is -2.05. The number of rotatable bonds is 8. The van der Waals surface area contributed by atoms with E-state index in [1.807, 2.05) is 55.5 Å². The Bertz CT molecular complexity index is 893. The fraction of sp³-hybridized carbons (Fsp3) is 0.250. The molecule has 1 N–H and O–H groups in total. The first-order valence-corrected chi connectivity index (χ1v) is 9.38. The van der Waals surface area contributed by atoms with Crippen LogP contribution in [0.4, 0.5) is 5.13 Å². The first-order valence-electron chi connectivity index (χ1n) is 8.57. The van der Waals surface area contributed by atoms with Crippen molar-refractivity contribution in [1.29, 1.82) is 0 Å². The molecule has 2 aromatic carbocycles. The van der Waals surface area contributed by atoms with Gasteiger partial charge >= 0.3 is 0 Å². The van der Waals surface area contributed by atoms with Crippen LogP contribution in [0.3, 0.4) is 0 Å². The zero-order valence-corrected chi connectivity index (χ0v) is 16.1. The van der Waals surface area contributed by atoms with Gasteiger partial charge in [0.2, 0.25) is 11.0 Å². The summed E-state index contributed by atoms with van der Waals surface area (Å²) in [5, 5.41) is 12.2. The van der Waals surface area contributed by atoms with Crippen molar-refractivity contribution >= 4 is 22.4 Å². The summed E-state index contributed by atoms with van der Waals surface area (Å²) in [6.07, 6.45) is 0.912. The van der Waals surface area contributed by atoms with E-state index in [0.717, 1.165) is 27.6 Å². The highest BCUT2D eigenvalue weighted by Crippen LogP contribution is 2.18. The lowest BCUT2D eigenvalue weighted by atomic mass is 10.1. The third-order valence-electron chi connectivity index (χ3n) is 3.81. The average molecular weight is 383 g/mol. The van der Waals surface area contributed by atoms with E-state index in [1.165, 1.54) is 11.3 Å². The van der Waals surface area contributed by atoms with E-state index in [2.05, 4.69) is 15.5 Å². The van der Waals surface area contributed by atoms with Crippen LogP contribution in [-0.4, -0.2) is 29.8 Å². The molecule has 7 heteroatoms. The lowest BCUT2D eigenvalue weighted by molar-refractivity contribution is -0.115. The Labute approximate surface area is 162 Å². The van der Waals surface area contributed by atoms with Crippen LogP contribution in [0.15, 0.2) is 48.5 Å². The molecule has 0 unspecified atom stereocenters. The molecule has 1 heterocycles. The second kappa shape index (κ2) is 9.14. The van der Waals surface area contributed by atoms with Crippen molar-refractivity contribution in [1.82, 2.24) is 10.2 Å². The molecule has 1 aromatic heterocycles. The fourth-order valence-electron chi connectivity index (χ4n) is 2.46. The Morgan fingerprint density at radius 3 is 2.67 bits per heavy atom. The molecule has 27 heavy (non-hydrogen) atoms. The van der Waals surface area contributed by atoms with Gasteiger partial charge in [0.15, 0.2) is 0 Å². The van der Waals surface area contributed by atoms with E-state index in [0.29, 0.717) is 18.2 Å². The van der Waals surface area contributed by atoms with Gasteiger partial charge in [-0.15, -0.1) is 10.2 Å². The topological polar surface area (TPSA) is 73.3 Å². The van der Waals surface area contributed by atoms with Crippen LogP contribution in [0.5, 0.6) is 11.5 Å². The maximum atomic E-state index is 12.1. The molecule has 0 bridgehead atoms. The molecule has 3 aromatic rings. The molecule has 0 aliphatic carbocycles. The average Bonchev–Trinajstić information content (AvgIpc) is 3.09. The molecular formula is C20H21N3O3S. The smallest absolute Gasteiger partial charge is 0.230 e. The molecule has 0 aliphatic heterocycles. The lowest BCUT2D eigenvalue weighted by Crippen LogP contribution is -2.14. The summed E-state index contributed by atoms with van der Waals surface area (Å²) in [5.74, 6) is 1.48. The fourth-order valence-corrected chi connectivity index (χ4v) is 3.20. The zero-order valence-electron chi connectivity index (χ0n) is 15.3. The van der Waals surface area contributed by atoms with Gasteiger partial charge in [0, 0.05) is 6.42 Å². The molecule has 0 saturated heterocycles. The second-order valence-corrected chi connectivity index (χ2v) is 7.05. The van der Waals surface area contributed by atoms with Crippen molar-refractivity contribution in [3.63, 3.8) is 0 Å². The number of ether oxygens (including phenoxy) is 2. The maximum absolute atomic E-state index is 12.1. The van der Waals surface area contributed by atoms with Crippen LogP contribution < -0.4 is 14.8 Å². The molecule has 0 atom stereocenters. The highest BCUT2D eigenvalue weighted by Gasteiger charge is 2.09. The van der Waals surface area contributed by atoms with Gasteiger partial charge in [-0.25, -0.2) is 0 Å². The van der Waals surface area contributed by atoms with Crippen LogP contribution in [0.2, 0.25) is 0 Å². The first kappa shape index (κ1) is 18.8. The largest absolute Gasteiger partial charge is 0.497 e. The van der Waals surface area contributed by atoms with Crippen molar-refractivity contribution in [3.8, 4) is 11.5 Å². The number of nitrogens with zero attached hydrogens (tertiary/aromatic N) is 2. The summed E-state index contributed by atoms with van der Waals surface area (Å²) < 4.78 is 10.8. The number of nitrogens with one attached hydrogen (secondary N) is 1. The van der Waals surface area contributed by atoms with Crippen molar-refractivity contribution in [3.05, 3.63) is 64.7 Å². The number of aryl methyl sites for hydroxylation is 1. The molecule has 3 rings (SSSR count). The summed E-state index contributed by atoms with van der Waals surface area (Å²) in [7, 11) is 1.61. The Morgan fingerprint density at radius 1 is 1.11 bits per heavy atom. The van der Waals surface area contributed by atoms with Gasteiger partial charge in [-0.2, -0.15) is 0 Å². The van der Waals surface area contributed by atoms with Crippen molar-refractivity contribution in [2.24, 2.45) is 0 Å². The van der Waals surface area contributed by atoms with E-state index in [9.17, 15) is 4.79 Å². The standard InChI is InChI=1S/C20H21N3O3S/c1-14-4-3-5-17(12-14)26-11-10-19-22-23-20(27-19)21-18(24)13-15-6-8-16(25-2)9-7-15/h3-9,12H,10-11,13H2,1-2H3,(H,21,23,24). The van der Waals surface area contributed by atoms with E-state index in [1.54, 1.807) is 7.11 Å². The molecule has 6 nitrogen and oxygen atoms in total. The monoisotopic (exact) mass is 383 g/mol. The summed E-state index contributed by atoms with van der Waals surface area (Å²) in [6, 6.07) is 15.3. The third-order valence-corrected chi connectivity index (χ3v) is 4.71. The van der Waals surface area contributed by atoms with E-state index in [4.69, 9.17) is 9.47 Å². The Morgan fingerprint density at radius 2 is 1.93 bits per heavy atom. The summed E-state index contributed by atoms with van der Waals surface area (Å²) >= 11 is 1.36. The van der Waals surface area contributed by atoms with Crippen molar-refractivity contribution in [2.45, 2.75) is 19.8 Å². The van der Waals surface area contributed by atoms with Gasteiger partial charge in [-0.1, -0.05) is 35.6 Å². The molecule has 0 radical (unpaired) electrons. The summed E-state index contributed by atoms with van der Waals surface area (Å²) in [4.78, 5) is 12.1. The van der Waals surface area contributed by atoms with Crippen molar-refractivity contribution in [2.75, 3.05) is 19.0 Å². The number of carbonyl (C=O) groups excluding carboxylic acids is 1. The van der Waals surface area contributed by atoms with E-state index < -0.39 is 0 Å². The predicted octanol–water partition coefficient (Wildman–Crippen LogP) is 3.66. The van der Waals surface area contributed by atoms with Crippen LogP contribution in [0.25, 0.3) is 0 Å². The van der Waals surface area contributed by atoms with Crippen LogP contribution in [0, 0.1) is 6.92 Å². The number of aromatic nitrogens is 2. The number of hydrogen-bond acceptors (Lipinski definition) is 6. The minimum absolute atomic E-state index is 0.126. The Kier molecular flexibility index (Phi) is 6.38. The Balaban J connectivity index is 1.46. The van der Waals surface area contributed by atoms with Gasteiger partial charge in [-0.05, 0) is 42.3 Å². The molecule has 140 valence electrons. The molecular weight excluding hydrogens is 362 g/mol. The Hall–Kier alpha value is -2.93. The van der Waals surface area contributed by atoms with E-state index >= 15 is 0 Å². The minimum Gasteiger partial charge on any atom is -0.497 e. The highest BCUT2D eigenvalue weighted by atomic mass is 32.1. The molecule has 0 fully saturated rings. The van der Waals surface area contributed by atoms with Gasteiger partial charge in [0.1, 0.15) is 16.5 Å². The zero-order chi connectivity index (χ0) is 19.1. The maximum Gasteiger partial charge on any atom is 0.230 e. The molecule has 0 spiro atoms. The molecule has 1 amide bonds. The van der Waals surface area contributed by atoms with Crippen LogP contribution >= 0.6 is 11.3 Å². The number of methoxy groups -OCH3 is 1. The van der Waals surface area contributed by atoms with Crippen molar-refractivity contribution < 1.29 is 14.3 Å². The summed E-state index contributed by atoms with van der Waals surface area (Å²) in [6.45, 7) is 2.54. The SMILES string of the molecule is COc1ccc(CC(=O)Nc2nnc(CCOc3cccc(C)c3)s2)cc1. The predicted molar refractivity (Wildman–Crippen MR) is 106 cm³/mol. The number of hydrogen-bond donors (Lipinski definition) is 1. The van der Waals surface area contributed by atoms with Gasteiger partial charge in [-0.3, -0.25) is 4.79 Å². The van der Waals surface area contributed by atoms with Gasteiger partial charge in [0.05, 0.1) is 20.1 Å². The third kappa shape index (κ3) is 5.79. The first-order chi connectivity index (χ1) is 13.1. The number of amides is 1. The van der Waals surface area contributed by atoms with Crippen LogP contribution in [-0.2, 0) is 17.6 Å². The number of anilines is 1. The quantitative estimate of drug-likeness (QED) is 0.643. The minimum atomic E-state index is -0.126. The molecule has 0 saturated carbocycles. The second-order valence-electron chi connectivity index (χ2n) is 5.99. The van der Waals surface area contributed by atoms with E-state index in [-0.39, 0.29) is 12.3 Å². The van der Waals surface area contributed by atoms with Gasteiger partial charge < -0.3 is 14.8 Å². The number of carbonyl (C=O) groups is 1. The normalized spacial score (nSPS) is 10.4.